The van der Waals surface area contributed by atoms with Crippen molar-refractivity contribution in [3.8, 4) is 11.4 Å². The number of amides is 1. The number of anilines is 1. The number of nitrogens with one attached hydrogen (secondary N) is 2. The molecule has 1 heterocycles. The van der Waals surface area contributed by atoms with Crippen molar-refractivity contribution in [2.45, 2.75) is 6.42 Å². The number of rotatable bonds is 4. The van der Waals surface area contributed by atoms with Gasteiger partial charge in [-0.05, 0) is 12.1 Å². The highest BCUT2D eigenvalue weighted by Gasteiger charge is 2.12. The molecule has 3 aromatic rings. The molecule has 0 saturated heterocycles. The largest absolute Gasteiger partial charge is 0.323 e. The molecule has 3 rings (SSSR count). The molecule has 5 nitrogen and oxygen atoms in total. The SMILES string of the molecule is O=C(Cc1nc(-c2ccccc2)n[nH]1)Nc1ccc(F)cc1F. The summed E-state index contributed by atoms with van der Waals surface area (Å²) in [5.41, 5.74) is 0.735. The normalized spacial score (nSPS) is 10.5. The molecular weight excluding hydrogens is 302 g/mol. The third-order valence-corrected chi connectivity index (χ3v) is 3.10. The quantitative estimate of drug-likeness (QED) is 0.778. The van der Waals surface area contributed by atoms with Crippen molar-refractivity contribution in [3.63, 3.8) is 0 Å². The van der Waals surface area contributed by atoms with E-state index in [9.17, 15) is 13.6 Å². The van der Waals surface area contributed by atoms with Gasteiger partial charge in [0.2, 0.25) is 5.91 Å². The van der Waals surface area contributed by atoms with Crippen LogP contribution in [0.25, 0.3) is 11.4 Å². The molecule has 0 bridgehead atoms. The molecule has 0 aliphatic rings. The number of halogens is 2. The number of hydrogen-bond donors (Lipinski definition) is 2. The summed E-state index contributed by atoms with van der Waals surface area (Å²) in [7, 11) is 0. The zero-order chi connectivity index (χ0) is 16.2. The summed E-state index contributed by atoms with van der Waals surface area (Å²) >= 11 is 0. The molecule has 0 saturated carbocycles. The van der Waals surface area contributed by atoms with Gasteiger partial charge in [0.25, 0.3) is 0 Å². The molecule has 0 fully saturated rings. The number of H-pyrrole nitrogens is 1. The number of carbonyl (C=O) groups is 1. The molecule has 1 amide bonds. The summed E-state index contributed by atoms with van der Waals surface area (Å²) < 4.78 is 26.3. The highest BCUT2D eigenvalue weighted by molar-refractivity contribution is 5.91. The molecule has 2 N–H and O–H groups in total. The predicted molar refractivity (Wildman–Crippen MR) is 80.5 cm³/mol. The minimum Gasteiger partial charge on any atom is -0.323 e. The van der Waals surface area contributed by atoms with Crippen molar-refractivity contribution in [1.82, 2.24) is 15.2 Å². The third kappa shape index (κ3) is 3.57. The Kier molecular flexibility index (Phi) is 4.09. The molecule has 0 spiro atoms. The van der Waals surface area contributed by atoms with Gasteiger partial charge >= 0.3 is 0 Å². The van der Waals surface area contributed by atoms with Gasteiger partial charge in [0.15, 0.2) is 5.82 Å². The average Bonchev–Trinajstić information content (AvgIpc) is 2.99. The lowest BCUT2D eigenvalue weighted by molar-refractivity contribution is -0.115. The van der Waals surface area contributed by atoms with Gasteiger partial charge in [0.1, 0.15) is 17.5 Å². The maximum atomic E-state index is 13.5. The van der Waals surface area contributed by atoms with Crippen LogP contribution in [-0.2, 0) is 11.2 Å². The van der Waals surface area contributed by atoms with Crippen LogP contribution < -0.4 is 5.32 Å². The Morgan fingerprint density at radius 2 is 1.91 bits per heavy atom. The van der Waals surface area contributed by atoms with Gasteiger partial charge in [0.05, 0.1) is 12.1 Å². The minimum absolute atomic E-state index is 0.0841. The third-order valence-electron chi connectivity index (χ3n) is 3.10. The van der Waals surface area contributed by atoms with Crippen molar-refractivity contribution in [3.05, 3.63) is 66.0 Å². The molecule has 116 valence electrons. The highest BCUT2D eigenvalue weighted by atomic mass is 19.1. The Morgan fingerprint density at radius 1 is 1.13 bits per heavy atom. The van der Waals surface area contributed by atoms with Crippen LogP contribution in [0.15, 0.2) is 48.5 Å². The Labute approximate surface area is 130 Å². The van der Waals surface area contributed by atoms with E-state index in [-0.39, 0.29) is 12.1 Å². The van der Waals surface area contributed by atoms with Crippen LogP contribution in [-0.4, -0.2) is 21.1 Å². The fourth-order valence-corrected chi connectivity index (χ4v) is 2.03. The van der Waals surface area contributed by atoms with Crippen molar-refractivity contribution >= 4 is 11.6 Å². The summed E-state index contributed by atoms with van der Waals surface area (Å²) in [6.07, 6.45) is -0.101. The van der Waals surface area contributed by atoms with Gasteiger partial charge in [-0.3, -0.25) is 9.89 Å². The number of benzene rings is 2. The molecular formula is C16H12F2N4O. The van der Waals surface area contributed by atoms with E-state index in [2.05, 4.69) is 20.5 Å². The van der Waals surface area contributed by atoms with E-state index in [0.29, 0.717) is 17.7 Å². The van der Waals surface area contributed by atoms with Crippen molar-refractivity contribution < 1.29 is 13.6 Å². The average molecular weight is 314 g/mol. The summed E-state index contributed by atoms with van der Waals surface area (Å²) in [6, 6.07) is 12.2. The van der Waals surface area contributed by atoms with Gasteiger partial charge in [-0.2, -0.15) is 5.10 Å². The Bertz CT molecular complexity index is 833. The monoisotopic (exact) mass is 314 g/mol. The van der Waals surface area contributed by atoms with Crippen LogP contribution in [0.1, 0.15) is 5.82 Å². The fraction of sp³-hybridized carbons (Fsp3) is 0.0625. The maximum Gasteiger partial charge on any atom is 0.232 e. The van der Waals surface area contributed by atoms with Gasteiger partial charge in [-0.15, -0.1) is 0 Å². The molecule has 0 aliphatic heterocycles. The van der Waals surface area contributed by atoms with E-state index in [1.54, 1.807) is 0 Å². The number of carbonyl (C=O) groups excluding carboxylic acids is 1. The number of hydrogen-bond acceptors (Lipinski definition) is 3. The van der Waals surface area contributed by atoms with Crippen molar-refractivity contribution in [2.75, 3.05) is 5.32 Å². The Hall–Kier alpha value is -3.09. The molecule has 0 aliphatic carbocycles. The van der Waals surface area contributed by atoms with Crippen LogP contribution in [0.2, 0.25) is 0 Å². The minimum atomic E-state index is -0.833. The van der Waals surface area contributed by atoms with Gasteiger partial charge < -0.3 is 5.32 Å². The second kappa shape index (κ2) is 6.35. The topological polar surface area (TPSA) is 70.7 Å². The second-order valence-electron chi connectivity index (χ2n) is 4.82. The van der Waals surface area contributed by atoms with E-state index in [1.807, 2.05) is 30.3 Å². The number of aromatic nitrogens is 3. The van der Waals surface area contributed by atoms with Crippen LogP contribution in [0.5, 0.6) is 0 Å². The first kappa shape index (κ1) is 14.8. The zero-order valence-electron chi connectivity index (χ0n) is 11.9. The first-order valence-electron chi connectivity index (χ1n) is 6.83. The van der Waals surface area contributed by atoms with E-state index in [4.69, 9.17) is 0 Å². The van der Waals surface area contributed by atoms with E-state index < -0.39 is 17.5 Å². The Morgan fingerprint density at radius 3 is 2.65 bits per heavy atom. The highest BCUT2D eigenvalue weighted by Crippen LogP contribution is 2.16. The molecule has 0 unspecified atom stereocenters. The first-order valence-corrected chi connectivity index (χ1v) is 6.83. The zero-order valence-corrected chi connectivity index (χ0v) is 11.9. The molecule has 0 radical (unpaired) electrons. The summed E-state index contributed by atoms with van der Waals surface area (Å²) in [4.78, 5) is 16.1. The lowest BCUT2D eigenvalue weighted by Gasteiger charge is -2.05. The molecule has 23 heavy (non-hydrogen) atoms. The standard InChI is InChI=1S/C16H12F2N4O/c17-11-6-7-13(12(18)8-11)19-15(23)9-14-20-16(22-21-14)10-4-2-1-3-5-10/h1-8H,9H2,(H,19,23)(H,20,21,22). The molecule has 2 aromatic carbocycles. The van der Waals surface area contributed by atoms with Crippen LogP contribution >= 0.6 is 0 Å². The van der Waals surface area contributed by atoms with E-state index in [1.165, 1.54) is 6.07 Å². The van der Waals surface area contributed by atoms with Gasteiger partial charge in [0, 0.05) is 11.6 Å². The smallest absolute Gasteiger partial charge is 0.232 e. The predicted octanol–water partition coefficient (Wildman–Crippen LogP) is 2.93. The van der Waals surface area contributed by atoms with Crippen molar-refractivity contribution in [1.29, 1.82) is 0 Å². The Balaban J connectivity index is 1.68. The van der Waals surface area contributed by atoms with Crippen LogP contribution in [0, 0.1) is 11.6 Å². The van der Waals surface area contributed by atoms with Gasteiger partial charge in [-0.1, -0.05) is 30.3 Å². The van der Waals surface area contributed by atoms with E-state index >= 15 is 0 Å². The number of nitrogens with zero attached hydrogens (tertiary/aromatic N) is 2. The van der Waals surface area contributed by atoms with Crippen LogP contribution in [0.3, 0.4) is 0 Å². The second-order valence-corrected chi connectivity index (χ2v) is 4.82. The molecule has 7 heteroatoms. The molecule has 1 aromatic heterocycles. The maximum absolute atomic E-state index is 13.5. The summed E-state index contributed by atoms with van der Waals surface area (Å²) in [6.45, 7) is 0. The summed E-state index contributed by atoms with van der Waals surface area (Å²) in [5, 5.41) is 9.07. The summed E-state index contributed by atoms with van der Waals surface area (Å²) in [5.74, 6) is -1.19. The lowest BCUT2D eigenvalue weighted by atomic mass is 10.2. The van der Waals surface area contributed by atoms with Crippen molar-refractivity contribution in [2.24, 2.45) is 0 Å². The number of aromatic amines is 1. The van der Waals surface area contributed by atoms with Gasteiger partial charge in [-0.25, -0.2) is 13.8 Å². The van der Waals surface area contributed by atoms with E-state index in [0.717, 1.165) is 11.6 Å². The molecule has 0 atom stereocenters. The van der Waals surface area contributed by atoms with Crippen LogP contribution in [0.4, 0.5) is 14.5 Å². The fourth-order valence-electron chi connectivity index (χ4n) is 2.03. The first-order chi connectivity index (χ1) is 11.1. The lowest BCUT2D eigenvalue weighted by Crippen LogP contribution is -2.16.